The molecule has 0 aliphatic heterocycles. The van der Waals surface area contributed by atoms with Crippen molar-refractivity contribution in [1.82, 2.24) is 4.67 Å². The Morgan fingerprint density at radius 1 is 1.17 bits per heavy atom. The number of rotatable bonds is 4. The second kappa shape index (κ2) is 4.52. The van der Waals surface area contributed by atoms with E-state index in [9.17, 15) is 9.79 Å². The highest BCUT2D eigenvalue weighted by Crippen LogP contribution is 2.58. The minimum Gasteiger partial charge on any atom is -0.201 e. The van der Waals surface area contributed by atoms with Crippen LogP contribution in [0.5, 0.6) is 0 Å². The van der Waals surface area contributed by atoms with Gasteiger partial charge in [-0.2, -0.15) is 0 Å². The molecule has 0 amide bonds. The molecule has 0 aromatic heterocycles. The van der Waals surface area contributed by atoms with Gasteiger partial charge in [-0.05, 0) is 34.6 Å². The van der Waals surface area contributed by atoms with Gasteiger partial charge in [0.1, 0.15) is 5.66 Å². The zero-order chi connectivity index (χ0) is 9.94. The lowest BCUT2D eigenvalue weighted by Crippen LogP contribution is -2.33. The van der Waals surface area contributed by atoms with Gasteiger partial charge in [0.15, 0.2) is 0 Å². The van der Waals surface area contributed by atoms with Crippen molar-refractivity contribution in [3.63, 3.8) is 0 Å². The fourth-order valence-electron chi connectivity index (χ4n) is 1.21. The predicted molar refractivity (Wildman–Crippen MR) is 54.0 cm³/mol. The molecule has 0 spiro atoms. The summed E-state index contributed by atoms with van der Waals surface area (Å²) in [6.07, 6.45) is 0. The van der Waals surface area contributed by atoms with E-state index in [1.807, 2.05) is 34.6 Å². The summed E-state index contributed by atoms with van der Waals surface area (Å²) in [7, 11) is -2.85. The van der Waals surface area contributed by atoms with Crippen LogP contribution < -0.4 is 0 Å². The lowest BCUT2D eigenvalue weighted by atomic mass is 10.4. The van der Waals surface area contributed by atoms with Crippen LogP contribution in [0.3, 0.4) is 0 Å². The van der Waals surface area contributed by atoms with Crippen LogP contribution in [0.4, 0.5) is 0 Å². The SMILES string of the molecule is CCN(C(C)C)[P+](O)(O)C(C)C. The van der Waals surface area contributed by atoms with E-state index in [1.165, 1.54) is 0 Å². The standard InChI is InChI=1S/C8H21NO2P/c1-6-9(7(2)3)12(10,11)8(4)5/h7-8,10-11H,6H2,1-5H3/q+1. The van der Waals surface area contributed by atoms with Crippen molar-refractivity contribution in [3.05, 3.63) is 0 Å². The van der Waals surface area contributed by atoms with Crippen LogP contribution in [0.1, 0.15) is 34.6 Å². The number of nitrogens with zero attached hydrogens (tertiary/aromatic N) is 1. The summed E-state index contributed by atoms with van der Waals surface area (Å²) in [5.41, 5.74) is -0.0696. The topological polar surface area (TPSA) is 43.7 Å². The monoisotopic (exact) mass is 194 g/mol. The third kappa shape index (κ3) is 2.67. The molecule has 0 rings (SSSR count). The molecule has 0 aliphatic rings. The molecule has 74 valence electrons. The van der Waals surface area contributed by atoms with E-state index in [-0.39, 0.29) is 11.7 Å². The highest BCUT2D eigenvalue weighted by molar-refractivity contribution is 7.62. The Hall–Kier alpha value is 0.310. The summed E-state index contributed by atoms with van der Waals surface area (Å²) in [6, 6.07) is 0.195. The molecular formula is C8H21NO2P+. The van der Waals surface area contributed by atoms with Gasteiger partial charge < -0.3 is 0 Å². The molecule has 12 heavy (non-hydrogen) atoms. The van der Waals surface area contributed by atoms with Gasteiger partial charge in [-0.25, -0.2) is 9.79 Å². The molecule has 0 saturated heterocycles. The van der Waals surface area contributed by atoms with E-state index in [4.69, 9.17) is 0 Å². The van der Waals surface area contributed by atoms with Crippen molar-refractivity contribution < 1.29 is 9.79 Å². The molecule has 4 heteroatoms. The highest BCUT2D eigenvalue weighted by atomic mass is 31.2. The maximum absolute atomic E-state index is 9.81. The van der Waals surface area contributed by atoms with Crippen molar-refractivity contribution in [2.75, 3.05) is 6.54 Å². The fraction of sp³-hybridized carbons (Fsp3) is 1.00. The van der Waals surface area contributed by atoms with Crippen LogP contribution in [-0.2, 0) is 0 Å². The van der Waals surface area contributed by atoms with Crippen molar-refractivity contribution in [1.29, 1.82) is 0 Å². The van der Waals surface area contributed by atoms with E-state index in [0.717, 1.165) is 0 Å². The second-order valence-corrected chi connectivity index (χ2v) is 6.33. The lowest BCUT2D eigenvalue weighted by molar-refractivity contribution is 0.278. The van der Waals surface area contributed by atoms with Gasteiger partial charge in [0.05, 0.1) is 0 Å². The van der Waals surface area contributed by atoms with Crippen LogP contribution in [0.25, 0.3) is 0 Å². The van der Waals surface area contributed by atoms with Gasteiger partial charge in [0, 0.05) is 12.6 Å². The number of hydrogen-bond donors (Lipinski definition) is 2. The first-order chi connectivity index (χ1) is 5.34. The van der Waals surface area contributed by atoms with Crippen LogP contribution in [0.2, 0.25) is 0 Å². The molecule has 0 atom stereocenters. The van der Waals surface area contributed by atoms with Crippen LogP contribution in [-0.4, -0.2) is 32.7 Å². The Kier molecular flexibility index (Phi) is 4.64. The van der Waals surface area contributed by atoms with Gasteiger partial charge in [-0.1, -0.05) is 0 Å². The second-order valence-electron chi connectivity index (χ2n) is 3.56. The Balaban J connectivity index is 4.47. The smallest absolute Gasteiger partial charge is 0.201 e. The van der Waals surface area contributed by atoms with Gasteiger partial charge in [-0.15, -0.1) is 4.67 Å². The normalized spacial score (nSPS) is 13.5. The molecule has 0 heterocycles. The molecule has 0 aromatic rings. The van der Waals surface area contributed by atoms with Crippen molar-refractivity contribution in [2.45, 2.75) is 46.3 Å². The van der Waals surface area contributed by atoms with E-state index >= 15 is 0 Å². The molecule has 0 unspecified atom stereocenters. The Bertz CT molecular complexity index is 137. The van der Waals surface area contributed by atoms with Crippen molar-refractivity contribution >= 4 is 7.87 Å². The Morgan fingerprint density at radius 3 is 1.67 bits per heavy atom. The molecule has 0 bridgehead atoms. The van der Waals surface area contributed by atoms with Crippen LogP contribution in [0, 0.1) is 0 Å². The zero-order valence-electron chi connectivity index (χ0n) is 8.65. The van der Waals surface area contributed by atoms with Gasteiger partial charge >= 0.3 is 7.87 Å². The summed E-state index contributed by atoms with van der Waals surface area (Å²) in [4.78, 5) is 19.6. The average Bonchev–Trinajstić information content (AvgIpc) is 1.86. The van der Waals surface area contributed by atoms with Crippen molar-refractivity contribution in [3.8, 4) is 0 Å². The minimum atomic E-state index is -2.85. The molecule has 0 saturated carbocycles. The number of hydrogen-bond acceptors (Lipinski definition) is 3. The molecule has 0 fully saturated rings. The predicted octanol–water partition coefficient (Wildman–Crippen LogP) is 1.87. The van der Waals surface area contributed by atoms with Crippen LogP contribution in [0.15, 0.2) is 0 Å². The van der Waals surface area contributed by atoms with E-state index in [1.54, 1.807) is 4.67 Å². The molecular weight excluding hydrogens is 173 g/mol. The Labute approximate surface area is 76.0 Å². The fourth-order valence-corrected chi connectivity index (χ4v) is 2.90. The molecule has 0 aliphatic carbocycles. The summed E-state index contributed by atoms with van der Waals surface area (Å²) in [5.74, 6) is 0. The first kappa shape index (κ1) is 12.3. The Morgan fingerprint density at radius 2 is 1.58 bits per heavy atom. The maximum Gasteiger partial charge on any atom is 0.345 e. The van der Waals surface area contributed by atoms with Gasteiger partial charge in [0.2, 0.25) is 0 Å². The van der Waals surface area contributed by atoms with Gasteiger partial charge in [0.25, 0.3) is 0 Å². The van der Waals surface area contributed by atoms with Crippen molar-refractivity contribution in [2.24, 2.45) is 0 Å². The van der Waals surface area contributed by atoms with E-state index in [0.29, 0.717) is 6.54 Å². The minimum absolute atomic E-state index is 0.0696. The quantitative estimate of drug-likeness (QED) is 0.671. The highest BCUT2D eigenvalue weighted by Gasteiger charge is 2.45. The first-order valence-electron chi connectivity index (χ1n) is 4.45. The molecule has 0 radical (unpaired) electrons. The average molecular weight is 194 g/mol. The molecule has 2 N–H and O–H groups in total. The lowest BCUT2D eigenvalue weighted by Gasteiger charge is -2.30. The summed E-state index contributed by atoms with van der Waals surface area (Å²) >= 11 is 0. The van der Waals surface area contributed by atoms with E-state index < -0.39 is 7.87 Å². The van der Waals surface area contributed by atoms with E-state index in [2.05, 4.69) is 0 Å². The maximum atomic E-state index is 9.81. The molecule has 0 aromatic carbocycles. The van der Waals surface area contributed by atoms with Crippen LogP contribution >= 0.6 is 7.87 Å². The first-order valence-corrected chi connectivity index (χ1v) is 6.17. The zero-order valence-corrected chi connectivity index (χ0v) is 9.55. The third-order valence-corrected chi connectivity index (χ3v) is 4.88. The van der Waals surface area contributed by atoms with Gasteiger partial charge in [-0.3, -0.25) is 0 Å². The summed E-state index contributed by atoms with van der Waals surface area (Å²) < 4.78 is 1.78. The largest absolute Gasteiger partial charge is 0.345 e. The third-order valence-electron chi connectivity index (χ3n) is 1.99. The summed E-state index contributed by atoms with van der Waals surface area (Å²) in [5, 5.41) is 0. The molecule has 3 nitrogen and oxygen atoms in total. The summed E-state index contributed by atoms with van der Waals surface area (Å²) in [6.45, 7) is 10.3.